The molecule has 0 aliphatic heterocycles. The molecule has 0 unspecified atom stereocenters. The highest BCUT2D eigenvalue weighted by molar-refractivity contribution is 7.07. The van der Waals surface area contributed by atoms with Crippen molar-refractivity contribution in [3.05, 3.63) is 52.5 Å². The van der Waals surface area contributed by atoms with Crippen molar-refractivity contribution in [1.82, 2.24) is 0 Å². The van der Waals surface area contributed by atoms with Crippen molar-refractivity contribution >= 4 is 11.3 Å². The number of hydrogen-bond donors (Lipinski definition) is 0. The average Bonchev–Trinajstić information content (AvgIpc) is 2.62. The second kappa shape index (κ2) is 3.71. The molecule has 0 amide bonds. The molecule has 0 bridgehead atoms. The predicted octanol–water partition coefficient (Wildman–Crippen LogP) is 2.39. The SMILES string of the molecule is Cc1ccc(C[n+]2ccsc2)cc1. The predicted molar refractivity (Wildman–Crippen MR) is 54.8 cm³/mol. The maximum atomic E-state index is 2.19. The first-order valence-corrected chi connectivity index (χ1v) is 5.26. The van der Waals surface area contributed by atoms with Gasteiger partial charge in [-0.2, -0.15) is 4.57 Å². The summed E-state index contributed by atoms with van der Waals surface area (Å²) in [6, 6.07) is 8.67. The first kappa shape index (κ1) is 8.45. The highest BCUT2D eigenvalue weighted by Crippen LogP contribution is 2.02. The van der Waals surface area contributed by atoms with Gasteiger partial charge in [0.25, 0.3) is 0 Å². The highest BCUT2D eigenvalue weighted by atomic mass is 32.1. The molecule has 0 saturated heterocycles. The van der Waals surface area contributed by atoms with E-state index in [-0.39, 0.29) is 0 Å². The van der Waals surface area contributed by atoms with Crippen LogP contribution in [0.15, 0.2) is 41.4 Å². The fourth-order valence-corrected chi connectivity index (χ4v) is 1.85. The van der Waals surface area contributed by atoms with Crippen molar-refractivity contribution in [3.63, 3.8) is 0 Å². The molecule has 1 aromatic carbocycles. The first-order chi connectivity index (χ1) is 6.34. The minimum absolute atomic E-state index is 0.976. The summed E-state index contributed by atoms with van der Waals surface area (Å²) >= 11 is 1.72. The Morgan fingerprint density at radius 1 is 1.23 bits per heavy atom. The Hall–Kier alpha value is -1.15. The molecule has 0 spiro atoms. The number of nitrogens with zero attached hydrogens (tertiary/aromatic N) is 1. The van der Waals surface area contributed by atoms with E-state index in [9.17, 15) is 0 Å². The topological polar surface area (TPSA) is 3.88 Å². The van der Waals surface area contributed by atoms with E-state index < -0.39 is 0 Å². The Kier molecular flexibility index (Phi) is 2.41. The number of thiazole rings is 1. The summed E-state index contributed by atoms with van der Waals surface area (Å²) in [7, 11) is 0. The van der Waals surface area contributed by atoms with Gasteiger partial charge < -0.3 is 0 Å². The fraction of sp³-hybridized carbons (Fsp3) is 0.182. The molecule has 13 heavy (non-hydrogen) atoms. The van der Waals surface area contributed by atoms with Crippen LogP contribution in [0, 0.1) is 6.92 Å². The maximum Gasteiger partial charge on any atom is 0.224 e. The molecule has 2 rings (SSSR count). The van der Waals surface area contributed by atoms with Crippen LogP contribution < -0.4 is 4.57 Å². The average molecular weight is 190 g/mol. The summed E-state index contributed by atoms with van der Waals surface area (Å²) in [5, 5.41) is 2.09. The third-order valence-corrected chi connectivity index (χ3v) is 2.68. The standard InChI is InChI=1S/C11H12NS/c1-10-2-4-11(5-3-10)8-12-6-7-13-9-12/h2-7,9H,8H2,1H3/q+1. The number of aryl methyl sites for hydroxylation is 1. The van der Waals surface area contributed by atoms with Crippen LogP contribution in [-0.4, -0.2) is 0 Å². The Balaban J connectivity index is 2.15. The summed E-state index contributed by atoms with van der Waals surface area (Å²) < 4.78 is 2.19. The lowest BCUT2D eigenvalue weighted by Crippen LogP contribution is -2.30. The summed E-state index contributed by atoms with van der Waals surface area (Å²) in [4.78, 5) is 0. The van der Waals surface area contributed by atoms with Gasteiger partial charge in [0.15, 0.2) is 12.7 Å². The third kappa shape index (κ3) is 2.16. The lowest BCUT2D eigenvalue weighted by Gasteiger charge is -1.95. The minimum atomic E-state index is 0.976. The normalized spacial score (nSPS) is 10.2. The Morgan fingerprint density at radius 2 is 2.00 bits per heavy atom. The molecule has 66 valence electrons. The maximum absolute atomic E-state index is 2.19. The van der Waals surface area contributed by atoms with Gasteiger partial charge in [-0.1, -0.05) is 41.2 Å². The monoisotopic (exact) mass is 190 g/mol. The van der Waals surface area contributed by atoms with Gasteiger partial charge in [0, 0.05) is 5.56 Å². The van der Waals surface area contributed by atoms with Crippen LogP contribution in [0.3, 0.4) is 0 Å². The number of rotatable bonds is 2. The first-order valence-electron chi connectivity index (χ1n) is 4.31. The molecule has 2 aromatic rings. The molecule has 0 radical (unpaired) electrons. The Labute approximate surface area is 82.3 Å². The van der Waals surface area contributed by atoms with E-state index in [1.807, 2.05) is 0 Å². The van der Waals surface area contributed by atoms with Crippen LogP contribution in [0.5, 0.6) is 0 Å². The zero-order chi connectivity index (χ0) is 9.10. The van der Waals surface area contributed by atoms with Crippen molar-refractivity contribution in [1.29, 1.82) is 0 Å². The van der Waals surface area contributed by atoms with Crippen LogP contribution in [0.1, 0.15) is 11.1 Å². The zero-order valence-corrected chi connectivity index (χ0v) is 8.42. The van der Waals surface area contributed by atoms with E-state index in [4.69, 9.17) is 0 Å². The molecule has 0 aliphatic rings. The fourth-order valence-electron chi connectivity index (χ4n) is 1.26. The number of hydrogen-bond acceptors (Lipinski definition) is 1. The third-order valence-electron chi connectivity index (χ3n) is 2.01. The van der Waals surface area contributed by atoms with Gasteiger partial charge in [-0.05, 0) is 6.92 Å². The van der Waals surface area contributed by atoms with Crippen molar-refractivity contribution in [2.24, 2.45) is 0 Å². The largest absolute Gasteiger partial charge is 0.224 e. The molecule has 0 atom stereocenters. The number of aromatic nitrogens is 1. The minimum Gasteiger partial charge on any atom is -0.191 e. The number of benzene rings is 1. The molecule has 0 saturated carbocycles. The molecule has 1 aromatic heterocycles. The van der Waals surface area contributed by atoms with Crippen LogP contribution in [0.25, 0.3) is 0 Å². The molecule has 2 heteroatoms. The van der Waals surface area contributed by atoms with Gasteiger partial charge in [0.05, 0.1) is 5.38 Å². The highest BCUT2D eigenvalue weighted by Gasteiger charge is 2.00. The van der Waals surface area contributed by atoms with Crippen LogP contribution in [-0.2, 0) is 6.54 Å². The summed E-state index contributed by atoms with van der Waals surface area (Å²) in [6.07, 6.45) is 2.10. The zero-order valence-electron chi connectivity index (χ0n) is 7.60. The summed E-state index contributed by atoms with van der Waals surface area (Å²) in [5.74, 6) is 0. The van der Waals surface area contributed by atoms with E-state index in [1.165, 1.54) is 11.1 Å². The van der Waals surface area contributed by atoms with Gasteiger partial charge in [0.1, 0.15) is 0 Å². The summed E-state index contributed by atoms with van der Waals surface area (Å²) in [6.45, 7) is 3.09. The van der Waals surface area contributed by atoms with Crippen LogP contribution >= 0.6 is 11.3 Å². The molecular weight excluding hydrogens is 178 g/mol. The van der Waals surface area contributed by atoms with E-state index >= 15 is 0 Å². The van der Waals surface area contributed by atoms with Crippen molar-refractivity contribution < 1.29 is 4.57 Å². The van der Waals surface area contributed by atoms with Gasteiger partial charge in [0.2, 0.25) is 5.51 Å². The van der Waals surface area contributed by atoms with Gasteiger partial charge in [-0.3, -0.25) is 0 Å². The second-order valence-electron chi connectivity index (χ2n) is 3.18. The summed E-state index contributed by atoms with van der Waals surface area (Å²) in [5.41, 5.74) is 4.80. The molecular formula is C11H12NS+. The van der Waals surface area contributed by atoms with E-state index in [0.717, 1.165) is 6.54 Å². The molecule has 0 fully saturated rings. The Morgan fingerprint density at radius 3 is 2.62 bits per heavy atom. The van der Waals surface area contributed by atoms with E-state index in [2.05, 4.69) is 52.8 Å². The van der Waals surface area contributed by atoms with Gasteiger partial charge in [-0.25, -0.2) is 0 Å². The van der Waals surface area contributed by atoms with E-state index in [1.54, 1.807) is 11.3 Å². The van der Waals surface area contributed by atoms with Crippen molar-refractivity contribution in [2.45, 2.75) is 13.5 Å². The molecule has 0 N–H and O–H groups in total. The van der Waals surface area contributed by atoms with Crippen LogP contribution in [0.2, 0.25) is 0 Å². The van der Waals surface area contributed by atoms with Crippen molar-refractivity contribution in [2.75, 3.05) is 0 Å². The quantitative estimate of drug-likeness (QED) is 0.640. The smallest absolute Gasteiger partial charge is 0.191 e. The Bertz CT molecular complexity index is 361. The van der Waals surface area contributed by atoms with Gasteiger partial charge >= 0.3 is 0 Å². The van der Waals surface area contributed by atoms with E-state index in [0.29, 0.717) is 0 Å². The van der Waals surface area contributed by atoms with Crippen molar-refractivity contribution in [3.8, 4) is 0 Å². The second-order valence-corrected chi connectivity index (χ2v) is 3.94. The molecule has 0 aliphatic carbocycles. The molecule has 1 heterocycles. The van der Waals surface area contributed by atoms with Gasteiger partial charge in [-0.15, -0.1) is 0 Å². The lowest BCUT2D eigenvalue weighted by atomic mass is 10.1. The van der Waals surface area contributed by atoms with Crippen LogP contribution in [0.4, 0.5) is 0 Å². The molecule has 1 nitrogen and oxygen atoms in total. The lowest BCUT2D eigenvalue weighted by molar-refractivity contribution is -0.683.